The van der Waals surface area contributed by atoms with Gasteiger partial charge in [0.1, 0.15) is 5.82 Å². The molecule has 17 heavy (non-hydrogen) atoms. The molecule has 92 valence electrons. The van der Waals surface area contributed by atoms with Gasteiger partial charge in [-0.25, -0.2) is 9.78 Å². The van der Waals surface area contributed by atoms with Gasteiger partial charge in [0.15, 0.2) is 0 Å². The summed E-state index contributed by atoms with van der Waals surface area (Å²) in [6.45, 7) is 5.34. The van der Waals surface area contributed by atoms with Gasteiger partial charge in [-0.2, -0.15) is 0 Å². The smallest absolute Gasteiger partial charge is 0.335 e. The predicted octanol–water partition coefficient (Wildman–Crippen LogP) is 2.63. The van der Waals surface area contributed by atoms with Crippen LogP contribution in [0.1, 0.15) is 37.0 Å². The summed E-state index contributed by atoms with van der Waals surface area (Å²) >= 11 is 0. The minimum atomic E-state index is -0.916. The van der Waals surface area contributed by atoms with Gasteiger partial charge in [0.05, 0.1) is 5.56 Å². The lowest BCUT2D eigenvalue weighted by Crippen LogP contribution is -2.21. The zero-order valence-corrected chi connectivity index (χ0v) is 10.2. The third-order valence-corrected chi connectivity index (χ3v) is 3.75. The fourth-order valence-corrected chi connectivity index (χ4v) is 2.05. The third-order valence-electron chi connectivity index (χ3n) is 3.75. The van der Waals surface area contributed by atoms with Crippen LogP contribution in [0.4, 0.5) is 5.82 Å². The lowest BCUT2D eigenvalue weighted by atomic mass is 9.92. The monoisotopic (exact) mass is 234 g/mol. The lowest BCUT2D eigenvalue weighted by molar-refractivity contribution is 0.0697. The molecular weight excluding hydrogens is 216 g/mol. The Balaban J connectivity index is 2.00. The molecule has 1 saturated carbocycles. The van der Waals surface area contributed by atoms with Gasteiger partial charge in [0.2, 0.25) is 0 Å². The fraction of sp³-hybridized carbons (Fsp3) is 0.538. The minimum absolute atomic E-state index is 0.275. The van der Waals surface area contributed by atoms with Crippen molar-refractivity contribution in [3.05, 3.63) is 23.9 Å². The number of aromatic nitrogens is 1. The first kappa shape index (κ1) is 11.9. The summed E-state index contributed by atoms with van der Waals surface area (Å²) in [7, 11) is 0. The maximum Gasteiger partial charge on any atom is 0.335 e. The summed E-state index contributed by atoms with van der Waals surface area (Å²) in [6.07, 6.45) is 4.02. The maximum atomic E-state index is 10.8. The van der Waals surface area contributed by atoms with Crippen molar-refractivity contribution in [2.75, 3.05) is 11.9 Å². The van der Waals surface area contributed by atoms with Crippen molar-refractivity contribution >= 4 is 11.8 Å². The second-order valence-corrected chi connectivity index (χ2v) is 5.11. The number of hydrogen-bond acceptors (Lipinski definition) is 3. The van der Waals surface area contributed by atoms with Crippen molar-refractivity contribution < 1.29 is 9.90 Å². The molecule has 1 aromatic rings. The van der Waals surface area contributed by atoms with E-state index in [1.807, 2.05) is 0 Å². The molecule has 4 heteroatoms. The van der Waals surface area contributed by atoms with Crippen LogP contribution in [0.3, 0.4) is 0 Å². The van der Waals surface area contributed by atoms with E-state index in [1.54, 1.807) is 6.07 Å². The summed E-state index contributed by atoms with van der Waals surface area (Å²) in [5, 5.41) is 12.1. The maximum absolute atomic E-state index is 10.8. The highest BCUT2D eigenvalue weighted by molar-refractivity contribution is 5.88. The van der Waals surface area contributed by atoms with E-state index in [4.69, 9.17) is 5.11 Å². The van der Waals surface area contributed by atoms with E-state index in [2.05, 4.69) is 24.1 Å². The van der Waals surface area contributed by atoms with Gasteiger partial charge in [0, 0.05) is 12.7 Å². The molecule has 2 N–H and O–H groups in total. The van der Waals surface area contributed by atoms with Crippen molar-refractivity contribution in [2.45, 2.75) is 26.7 Å². The molecule has 2 rings (SSSR count). The number of pyridine rings is 1. The van der Waals surface area contributed by atoms with Crippen molar-refractivity contribution in [3.8, 4) is 0 Å². The number of hydrogen-bond donors (Lipinski definition) is 2. The molecule has 0 unspecified atom stereocenters. The Bertz CT molecular complexity index is 425. The van der Waals surface area contributed by atoms with E-state index in [9.17, 15) is 4.79 Å². The Morgan fingerprint density at radius 2 is 2.29 bits per heavy atom. The van der Waals surface area contributed by atoms with Crippen LogP contribution in [0.25, 0.3) is 0 Å². The first-order valence-electron chi connectivity index (χ1n) is 5.97. The summed E-state index contributed by atoms with van der Waals surface area (Å²) in [5.74, 6) is 0.384. The van der Waals surface area contributed by atoms with E-state index in [-0.39, 0.29) is 5.56 Å². The van der Waals surface area contributed by atoms with Gasteiger partial charge in [-0.3, -0.25) is 0 Å². The number of carbonyl (C=O) groups is 1. The molecule has 1 fully saturated rings. The summed E-state index contributed by atoms with van der Waals surface area (Å²) in [6, 6.07) is 3.08. The SMILES string of the molecule is CC(C)C1(CNc2cc(C(=O)O)ccn2)CC1. The molecule has 1 aliphatic rings. The number of rotatable bonds is 5. The van der Waals surface area contributed by atoms with Gasteiger partial charge in [-0.05, 0) is 36.3 Å². The molecule has 0 radical (unpaired) electrons. The van der Waals surface area contributed by atoms with Gasteiger partial charge in [0.25, 0.3) is 0 Å². The van der Waals surface area contributed by atoms with Crippen molar-refractivity contribution in [1.29, 1.82) is 0 Å². The molecule has 0 saturated heterocycles. The van der Waals surface area contributed by atoms with Crippen LogP contribution in [0.15, 0.2) is 18.3 Å². The van der Waals surface area contributed by atoms with Crippen LogP contribution < -0.4 is 5.32 Å². The number of carboxylic acids is 1. The fourth-order valence-electron chi connectivity index (χ4n) is 2.05. The molecule has 0 spiro atoms. The molecular formula is C13H18N2O2. The van der Waals surface area contributed by atoms with Gasteiger partial charge in [-0.15, -0.1) is 0 Å². The molecule has 0 atom stereocenters. The van der Waals surface area contributed by atoms with Crippen molar-refractivity contribution in [2.24, 2.45) is 11.3 Å². The number of nitrogens with zero attached hydrogens (tertiary/aromatic N) is 1. The predicted molar refractivity (Wildman–Crippen MR) is 66.2 cm³/mol. The quantitative estimate of drug-likeness (QED) is 0.822. The minimum Gasteiger partial charge on any atom is -0.478 e. The summed E-state index contributed by atoms with van der Waals surface area (Å²) in [4.78, 5) is 15.0. The van der Waals surface area contributed by atoms with Crippen LogP contribution in [0.5, 0.6) is 0 Å². The van der Waals surface area contributed by atoms with E-state index < -0.39 is 5.97 Å². The molecule has 1 heterocycles. The standard InChI is InChI=1S/C13H18N2O2/c1-9(2)13(4-5-13)8-15-11-7-10(12(16)17)3-6-14-11/h3,6-7,9H,4-5,8H2,1-2H3,(H,14,15)(H,16,17). The van der Waals surface area contributed by atoms with Crippen LogP contribution in [0.2, 0.25) is 0 Å². The molecule has 1 aliphatic carbocycles. The van der Waals surface area contributed by atoms with Crippen LogP contribution in [-0.2, 0) is 0 Å². The molecule has 4 nitrogen and oxygen atoms in total. The van der Waals surface area contributed by atoms with Crippen molar-refractivity contribution in [3.63, 3.8) is 0 Å². The number of anilines is 1. The number of carboxylic acid groups (broad SMARTS) is 1. The second kappa shape index (κ2) is 4.35. The van der Waals surface area contributed by atoms with Crippen LogP contribution in [-0.4, -0.2) is 22.6 Å². The number of aromatic carboxylic acids is 1. The molecule has 0 aromatic carbocycles. The number of nitrogens with one attached hydrogen (secondary N) is 1. The van der Waals surface area contributed by atoms with Gasteiger partial charge >= 0.3 is 5.97 Å². The topological polar surface area (TPSA) is 62.2 Å². The second-order valence-electron chi connectivity index (χ2n) is 5.11. The third kappa shape index (κ3) is 2.57. The zero-order chi connectivity index (χ0) is 12.5. The van der Waals surface area contributed by atoms with E-state index in [0.717, 1.165) is 6.54 Å². The largest absolute Gasteiger partial charge is 0.478 e. The average Bonchev–Trinajstić information content (AvgIpc) is 3.08. The van der Waals surface area contributed by atoms with E-state index in [1.165, 1.54) is 25.1 Å². The highest BCUT2D eigenvalue weighted by atomic mass is 16.4. The lowest BCUT2D eigenvalue weighted by Gasteiger charge is -2.20. The molecule has 1 aromatic heterocycles. The summed E-state index contributed by atoms with van der Waals surface area (Å²) in [5.41, 5.74) is 0.665. The Hall–Kier alpha value is -1.58. The molecule has 0 aliphatic heterocycles. The summed E-state index contributed by atoms with van der Waals surface area (Å²) < 4.78 is 0. The first-order chi connectivity index (χ1) is 8.03. The average molecular weight is 234 g/mol. The molecule has 0 amide bonds. The Labute approximate surface area is 101 Å². The van der Waals surface area contributed by atoms with Crippen LogP contribution in [0, 0.1) is 11.3 Å². The normalized spacial score (nSPS) is 16.9. The Kier molecular flexibility index (Phi) is 3.05. The Morgan fingerprint density at radius 3 is 2.82 bits per heavy atom. The van der Waals surface area contributed by atoms with E-state index in [0.29, 0.717) is 17.2 Å². The Morgan fingerprint density at radius 1 is 1.59 bits per heavy atom. The van der Waals surface area contributed by atoms with Crippen molar-refractivity contribution in [1.82, 2.24) is 4.98 Å². The van der Waals surface area contributed by atoms with Gasteiger partial charge in [-0.1, -0.05) is 13.8 Å². The van der Waals surface area contributed by atoms with Gasteiger partial charge < -0.3 is 10.4 Å². The molecule has 0 bridgehead atoms. The van der Waals surface area contributed by atoms with E-state index >= 15 is 0 Å². The highest BCUT2D eigenvalue weighted by Crippen LogP contribution is 2.51. The van der Waals surface area contributed by atoms with Crippen LogP contribution >= 0.6 is 0 Å². The first-order valence-corrected chi connectivity index (χ1v) is 5.97. The zero-order valence-electron chi connectivity index (χ0n) is 10.2. The highest BCUT2D eigenvalue weighted by Gasteiger charge is 2.44.